The second kappa shape index (κ2) is 7.95. The summed E-state index contributed by atoms with van der Waals surface area (Å²) in [6, 6.07) is 4.58. The van der Waals surface area contributed by atoms with Crippen LogP contribution in [0.2, 0.25) is 5.02 Å². The van der Waals surface area contributed by atoms with Crippen molar-refractivity contribution in [2.45, 2.75) is 46.8 Å². The molecule has 0 spiro atoms. The fourth-order valence-electron chi connectivity index (χ4n) is 3.54. The van der Waals surface area contributed by atoms with E-state index in [1.54, 1.807) is 6.20 Å². The summed E-state index contributed by atoms with van der Waals surface area (Å²) in [5.41, 5.74) is 6.15. The third kappa shape index (κ3) is 4.17. The monoisotopic (exact) mass is 409 g/mol. The average molecular weight is 410 g/mol. The molecule has 0 saturated carbocycles. The highest BCUT2D eigenvalue weighted by Gasteiger charge is 2.21. The van der Waals surface area contributed by atoms with Crippen LogP contribution in [0.15, 0.2) is 30.7 Å². The Morgan fingerprint density at radius 2 is 1.90 bits per heavy atom. The van der Waals surface area contributed by atoms with Crippen LogP contribution < -0.4 is 9.64 Å². The SMILES string of the molecule is Cc1cnc(-c2cc(N3CCc4nc(OC(C)C)ncc4C3)ncc2Cl)c(C)c1. The minimum Gasteiger partial charge on any atom is -0.461 e. The first-order chi connectivity index (χ1) is 13.9. The van der Waals surface area contributed by atoms with Gasteiger partial charge < -0.3 is 9.64 Å². The fraction of sp³-hybridized carbons (Fsp3) is 0.364. The summed E-state index contributed by atoms with van der Waals surface area (Å²) >= 11 is 6.47. The van der Waals surface area contributed by atoms with Gasteiger partial charge in [0.25, 0.3) is 0 Å². The molecule has 150 valence electrons. The minimum absolute atomic E-state index is 0.0590. The Hall–Kier alpha value is -2.73. The quantitative estimate of drug-likeness (QED) is 0.629. The van der Waals surface area contributed by atoms with Crippen molar-refractivity contribution in [2.75, 3.05) is 11.4 Å². The first-order valence-corrected chi connectivity index (χ1v) is 10.1. The number of ether oxygens (including phenoxy) is 1. The lowest BCUT2D eigenvalue weighted by Crippen LogP contribution is -2.32. The van der Waals surface area contributed by atoms with Gasteiger partial charge in [0, 0.05) is 49.2 Å². The summed E-state index contributed by atoms with van der Waals surface area (Å²) in [5.74, 6) is 0.874. The van der Waals surface area contributed by atoms with Crippen LogP contribution in [0.1, 0.15) is 36.2 Å². The summed E-state index contributed by atoms with van der Waals surface area (Å²) < 4.78 is 5.62. The number of rotatable bonds is 4. The van der Waals surface area contributed by atoms with Crippen LogP contribution in [-0.2, 0) is 13.0 Å². The molecule has 4 rings (SSSR count). The number of hydrogen-bond donors (Lipinski definition) is 0. The highest BCUT2D eigenvalue weighted by molar-refractivity contribution is 6.33. The maximum atomic E-state index is 6.47. The summed E-state index contributed by atoms with van der Waals surface area (Å²) in [7, 11) is 0. The molecule has 0 atom stereocenters. The van der Waals surface area contributed by atoms with Crippen molar-refractivity contribution in [3.8, 4) is 17.3 Å². The molecular formula is C22H24ClN5O. The van der Waals surface area contributed by atoms with E-state index in [1.807, 2.05) is 39.2 Å². The first-order valence-electron chi connectivity index (χ1n) is 9.76. The lowest BCUT2D eigenvalue weighted by atomic mass is 10.0. The molecule has 3 aromatic rings. The van der Waals surface area contributed by atoms with Gasteiger partial charge in [-0.2, -0.15) is 4.98 Å². The standard InChI is InChI=1S/C22H24ClN5O/c1-13(2)29-22-26-10-16-12-28(6-5-19(16)27-22)20-8-17(18(23)11-24-20)21-15(4)7-14(3)9-25-21/h7-11,13H,5-6,12H2,1-4H3. The maximum absolute atomic E-state index is 6.47. The number of pyridine rings is 2. The van der Waals surface area contributed by atoms with Crippen molar-refractivity contribution in [1.82, 2.24) is 19.9 Å². The zero-order valence-electron chi connectivity index (χ0n) is 17.1. The van der Waals surface area contributed by atoms with Gasteiger partial charge in [-0.25, -0.2) is 9.97 Å². The van der Waals surface area contributed by atoms with Crippen molar-refractivity contribution < 1.29 is 4.74 Å². The van der Waals surface area contributed by atoms with E-state index in [4.69, 9.17) is 16.3 Å². The Balaban J connectivity index is 1.62. The molecule has 0 unspecified atom stereocenters. The van der Waals surface area contributed by atoms with E-state index in [2.05, 4.69) is 37.8 Å². The second-order valence-electron chi connectivity index (χ2n) is 7.66. The molecule has 4 heterocycles. The third-order valence-electron chi connectivity index (χ3n) is 4.89. The van der Waals surface area contributed by atoms with Crippen molar-refractivity contribution >= 4 is 17.4 Å². The fourth-order valence-corrected chi connectivity index (χ4v) is 3.73. The molecule has 3 aromatic heterocycles. The summed E-state index contributed by atoms with van der Waals surface area (Å²) in [6.07, 6.45) is 6.30. The van der Waals surface area contributed by atoms with Crippen molar-refractivity contribution in [3.05, 3.63) is 58.1 Å². The Morgan fingerprint density at radius 3 is 2.66 bits per heavy atom. The van der Waals surface area contributed by atoms with Crippen LogP contribution in [0.3, 0.4) is 0 Å². The smallest absolute Gasteiger partial charge is 0.316 e. The van der Waals surface area contributed by atoms with Crippen LogP contribution in [-0.4, -0.2) is 32.6 Å². The van der Waals surface area contributed by atoms with E-state index in [1.165, 1.54) is 0 Å². The molecule has 6 nitrogen and oxygen atoms in total. The molecule has 0 aromatic carbocycles. The molecule has 0 radical (unpaired) electrons. The topological polar surface area (TPSA) is 64.0 Å². The molecule has 0 bridgehead atoms. The van der Waals surface area contributed by atoms with Gasteiger partial charge in [0.15, 0.2) is 0 Å². The maximum Gasteiger partial charge on any atom is 0.316 e. The van der Waals surface area contributed by atoms with Crippen LogP contribution in [0.5, 0.6) is 6.01 Å². The Morgan fingerprint density at radius 1 is 1.07 bits per heavy atom. The molecule has 0 aliphatic carbocycles. The lowest BCUT2D eigenvalue weighted by Gasteiger charge is -2.29. The summed E-state index contributed by atoms with van der Waals surface area (Å²) in [6.45, 7) is 9.55. The molecule has 7 heteroatoms. The van der Waals surface area contributed by atoms with Gasteiger partial charge in [0.2, 0.25) is 0 Å². The predicted molar refractivity (Wildman–Crippen MR) is 115 cm³/mol. The molecular weight excluding hydrogens is 386 g/mol. The van der Waals surface area contributed by atoms with Crippen LogP contribution in [0.25, 0.3) is 11.3 Å². The highest BCUT2D eigenvalue weighted by Crippen LogP contribution is 2.32. The van der Waals surface area contributed by atoms with Gasteiger partial charge in [-0.3, -0.25) is 4.98 Å². The van der Waals surface area contributed by atoms with Gasteiger partial charge in [0.1, 0.15) is 5.82 Å². The predicted octanol–water partition coefficient (Wildman–Crippen LogP) is 4.55. The normalized spacial score (nSPS) is 13.5. The van der Waals surface area contributed by atoms with Crippen molar-refractivity contribution in [2.24, 2.45) is 0 Å². The van der Waals surface area contributed by atoms with E-state index in [-0.39, 0.29) is 6.10 Å². The summed E-state index contributed by atoms with van der Waals surface area (Å²) in [5, 5.41) is 0.601. The van der Waals surface area contributed by atoms with Crippen LogP contribution in [0.4, 0.5) is 5.82 Å². The third-order valence-corrected chi connectivity index (χ3v) is 5.19. The number of aromatic nitrogens is 4. The van der Waals surface area contributed by atoms with Gasteiger partial charge in [-0.15, -0.1) is 0 Å². The molecule has 0 fully saturated rings. The largest absolute Gasteiger partial charge is 0.461 e. The van der Waals surface area contributed by atoms with Crippen LogP contribution in [0, 0.1) is 13.8 Å². The highest BCUT2D eigenvalue weighted by atomic mass is 35.5. The molecule has 0 amide bonds. The average Bonchev–Trinajstić information content (AvgIpc) is 2.68. The zero-order valence-corrected chi connectivity index (χ0v) is 17.9. The van der Waals surface area contributed by atoms with E-state index in [0.29, 0.717) is 17.6 Å². The Bertz CT molecular complexity index is 1050. The first kappa shape index (κ1) is 19.6. The van der Waals surface area contributed by atoms with Crippen molar-refractivity contribution in [3.63, 3.8) is 0 Å². The van der Waals surface area contributed by atoms with Crippen LogP contribution >= 0.6 is 11.6 Å². The number of fused-ring (bicyclic) bond motifs is 1. The number of halogens is 1. The zero-order chi connectivity index (χ0) is 20.5. The number of nitrogens with zero attached hydrogens (tertiary/aromatic N) is 5. The van der Waals surface area contributed by atoms with E-state index in [0.717, 1.165) is 52.4 Å². The van der Waals surface area contributed by atoms with Gasteiger partial charge in [-0.05, 0) is 44.9 Å². The summed E-state index contributed by atoms with van der Waals surface area (Å²) in [4.78, 5) is 20.3. The Labute approximate surface area is 176 Å². The minimum atomic E-state index is 0.0590. The van der Waals surface area contributed by atoms with Gasteiger partial charge >= 0.3 is 6.01 Å². The molecule has 0 N–H and O–H groups in total. The molecule has 0 saturated heterocycles. The van der Waals surface area contributed by atoms with Crippen molar-refractivity contribution in [1.29, 1.82) is 0 Å². The second-order valence-corrected chi connectivity index (χ2v) is 8.07. The number of anilines is 1. The number of aryl methyl sites for hydroxylation is 2. The van der Waals surface area contributed by atoms with E-state index >= 15 is 0 Å². The molecule has 1 aliphatic heterocycles. The Kier molecular flexibility index (Phi) is 5.37. The number of hydrogen-bond acceptors (Lipinski definition) is 6. The van der Waals surface area contributed by atoms with E-state index in [9.17, 15) is 0 Å². The van der Waals surface area contributed by atoms with Gasteiger partial charge in [-0.1, -0.05) is 17.7 Å². The lowest BCUT2D eigenvalue weighted by molar-refractivity contribution is 0.221. The molecule has 1 aliphatic rings. The van der Waals surface area contributed by atoms with Gasteiger partial charge in [0.05, 0.1) is 22.5 Å². The van der Waals surface area contributed by atoms with E-state index < -0.39 is 0 Å². The molecule has 29 heavy (non-hydrogen) atoms.